The minimum absolute atomic E-state index is 0.472. The zero-order chi connectivity index (χ0) is 49.9. The lowest BCUT2D eigenvalue weighted by Crippen LogP contribution is -2.33. The van der Waals surface area contributed by atoms with Crippen LogP contribution in [0.2, 0.25) is 0 Å². The molecule has 0 N–H and O–H groups in total. The van der Waals surface area contributed by atoms with Crippen molar-refractivity contribution in [1.29, 1.82) is 0 Å². The van der Waals surface area contributed by atoms with Crippen LogP contribution in [0.3, 0.4) is 0 Å². The highest BCUT2D eigenvalue weighted by Gasteiger charge is 2.50. The van der Waals surface area contributed by atoms with E-state index in [2.05, 4.69) is 299 Å². The predicted octanol–water partition coefficient (Wildman–Crippen LogP) is 19.0. The van der Waals surface area contributed by atoms with Gasteiger partial charge in [0.15, 0.2) is 0 Å². The summed E-state index contributed by atoms with van der Waals surface area (Å²) in [6.07, 6.45) is 0. The van der Waals surface area contributed by atoms with Gasteiger partial charge < -0.3 is 14.0 Å². The number of benzene rings is 12. The number of rotatable bonds is 7. The molecule has 3 nitrogen and oxygen atoms in total. The minimum atomic E-state index is -0.472. The highest BCUT2D eigenvalue weighted by Crippen LogP contribution is 2.61. The van der Waals surface area contributed by atoms with E-state index in [1.807, 2.05) is 0 Å². The number of nitrogens with zero attached hydrogens (tertiary/aromatic N) is 3. The third-order valence-electron chi connectivity index (χ3n) is 16.5. The van der Waals surface area contributed by atoms with Gasteiger partial charge in [0.05, 0.1) is 38.9 Å². The van der Waals surface area contributed by atoms with Gasteiger partial charge in [0, 0.05) is 44.2 Å². The number of para-hydroxylation sites is 5. The Bertz CT molecular complexity index is 4550. The average Bonchev–Trinajstić information content (AvgIpc) is 4.32. The monoisotopic (exact) mass is 965 g/mol. The summed E-state index contributed by atoms with van der Waals surface area (Å²) in [5, 5.41) is 4.98. The first-order valence-corrected chi connectivity index (χ1v) is 26.3. The summed E-state index contributed by atoms with van der Waals surface area (Å²) < 4.78 is 4.94. The fourth-order valence-corrected chi connectivity index (χ4v) is 13.4. The van der Waals surface area contributed by atoms with Gasteiger partial charge in [0.2, 0.25) is 0 Å². The molecule has 0 saturated heterocycles. The third-order valence-corrected chi connectivity index (χ3v) is 16.5. The smallest absolute Gasteiger partial charge is 0.0754 e. The van der Waals surface area contributed by atoms with E-state index in [4.69, 9.17) is 0 Å². The second kappa shape index (κ2) is 16.5. The quantitative estimate of drug-likeness (QED) is 0.155. The first-order chi connectivity index (χ1) is 37.7. The second-order valence-corrected chi connectivity index (χ2v) is 20.4. The van der Waals surface area contributed by atoms with Crippen molar-refractivity contribution in [2.75, 3.05) is 4.90 Å². The number of anilines is 3. The molecular formula is C73H47N3. The topological polar surface area (TPSA) is 13.1 Å². The maximum absolute atomic E-state index is 2.55. The number of fused-ring (bicyclic) bond motifs is 15. The van der Waals surface area contributed by atoms with Gasteiger partial charge >= 0.3 is 0 Å². The minimum Gasteiger partial charge on any atom is -0.310 e. The molecular weight excluding hydrogens is 919 g/mol. The van der Waals surface area contributed by atoms with E-state index in [0.29, 0.717) is 0 Å². The molecule has 354 valence electrons. The van der Waals surface area contributed by atoms with E-state index in [9.17, 15) is 0 Å². The molecule has 0 radical (unpaired) electrons. The fourth-order valence-electron chi connectivity index (χ4n) is 13.4. The Labute approximate surface area is 441 Å². The maximum atomic E-state index is 2.55. The zero-order valence-corrected chi connectivity index (χ0v) is 41.5. The normalized spacial score (nSPS) is 12.8. The van der Waals surface area contributed by atoms with Crippen molar-refractivity contribution in [3.8, 4) is 55.9 Å². The average molecular weight is 966 g/mol. The standard InChI is InChI=1S/C73H47N3/c1-2-19-48(20-3-1)50-21-16-23-52(45-50)56-25-6-12-35-67(56)74(53-41-39-49(40-42-53)51-22-17-24-54(46-51)75-68-36-13-7-28-59(68)60-29-8-14-37-69(60)75)55-43-44-70-62(47-55)61-30-18-34-66-72(61)76(70)71-38-15-11-33-65(71)73(66)63-31-9-4-26-57(63)58-27-5-10-32-64(58)73/h1-47H. The number of hydrogen-bond acceptors (Lipinski definition) is 1. The van der Waals surface area contributed by atoms with Crippen LogP contribution < -0.4 is 4.90 Å². The molecule has 3 heterocycles. The SMILES string of the molecule is c1ccc(-c2cccc(-c3ccccc3N(c3ccc(-c4cccc(-n5c6ccccc6c6ccccc65)c4)cc3)c3ccc4c(c3)c3cccc5c3n4-c3ccccc3C53c4ccccc4-c4ccccc43)c2)cc1. The van der Waals surface area contributed by atoms with Crippen LogP contribution in [0.4, 0.5) is 17.1 Å². The van der Waals surface area contributed by atoms with Gasteiger partial charge in [-0.05, 0) is 134 Å². The summed E-state index contributed by atoms with van der Waals surface area (Å²) in [4.78, 5) is 2.47. The zero-order valence-electron chi connectivity index (χ0n) is 41.5. The Hall–Kier alpha value is -9.96. The molecule has 0 saturated carbocycles. The van der Waals surface area contributed by atoms with Crippen LogP contribution in [0, 0.1) is 0 Å². The van der Waals surface area contributed by atoms with Crippen LogP contribution in [0.5, 0.6) is 0 Å². The van der Waals surface area contributed by atoms with Gasteiger partial charge in [0.1, 0.15) is 0 Å². The Kier molecular flexibility index (Phi) is 9.25. The van der Waals surface area contributed by atoms with Crippen molar-refractivity contribution in [2.45, 2.75) is 5.41 Å². The first kappa shape index (κ1) is 42.5. The molecule has 14 aromatic rings. The number of aromatic nitrogens is 2. The molecule has 3 heteroatoms. The fraction of sp³-hybridized carbons (Fsp3) is 0.0137. The van der Waals surface area contributed by atoms with Crippen molar-refractivity contribution < 1.29 is 0 Å². The molecule has 76 heavy (non-hydrogen) atoms. The van der Waals surface area contributed by atoms with E-state index in [1.54, 1.807) is 0 Å². The van der Waals surface area contributed by atoms with Gasteiger partial charge in [-0.1, -0.05) is 212 Å². The molecule has 12 aromatic carbocycles. The van der Waals surface area contributed by atoms with Crippen LogP contribution >= 0.6 is 0 Å². The van der Waals surface area contributed by atoms with Crippen LogP contribution in [-0.4, -0.2) is 9.13 Å². The Morgan fingerprint density at radius 2 is 0.789 bits per heavy atom. The van der Waals surface area contributed by atoms with E-state index in [0.717, 1.165) is 45.0 Å². The molecule has 0 bridgehead atoms. The van der Waals surface area contributed by atoms with Gasteiger partial charge in [-0.2, -0.15) is 0 Å². The Morgan fingerprint density at radius 3 is 1.54 bits per heavy atom. The van der Waals surface area contributed by atoms with E-state index in [1.165, 1.54) is 93.8 Å². The Morgan fingerprint density at radius 1 is 0.276 bits per heavy atom. The lowest BCUT2D eigenvalue weighted by atomic mass is 9.65. The maximum Gasteiger partial charge on any atom is 0.0754 e. The van der Waals surface area contributed by atoms with E-state index < -0.39 is 5.41 Å². The highest BCUT2D eigenvalue weighted by molar-refractivity contribution is 6.14. The highest BCUT2D eigenvalue weighted by atomic mass is 15.1. The lowest BCUT2D eigenvalue weighted by molar-refractivity contribution is 0.748. The molecule has 1 aliphatic heterocycles. The molecule has 16 rings (SSSR count). The first-order valence-electron chi connectivity index (χ1n) is 26.3. The summed E-state index contributed by atoms with van der Waals surface area (Å²) in [5.74, 6) is 0. The molecule has 2 aliphatic rings. The van der Waals surface area contributed by atoms with Gasteiger partial charge in [-0.3, -0.25) is 0 Å². The van der Waals surface area contributed by atoms with Crippen LogP contribution in [0.15, 0.2) is 285 Å². The van der Waals surface area contributed by atoms with E-state index in [-0.39, 0.29) is 0 Å². The largest absolute Gasteiger partial charge is 0.310 e. The summed E-state index contributed by atoms with van der Waals surface area (Å²) in [5.41, 5.74) is 25.0. The summed E-state index contributed by atoms with van der Waals surface area (Å²) >= 11 is 0. The molecule has 1 aliphatic carbocycles. The number of hydrogen-bond donors (Lipinski definition) is 0. The van der Waals surface area contributed by atoms with Crippen molar-refractivity contribution in [3.63, 3.8) is 0 Å². The van der Waals surface area contributed by atoms with Crippen molar-refractivity contribution in [2.24, 2.45) is 0 Å². The lowest BCUT2D eigenvalue weighted by Gasteiger charge is -2.39. The molecule has 1 spiro atoms. The molecule has 2 aromatic heterocycles. The van der Waals surface area contributed by atoms with Crippen molar-refractivity contribution in [3.05, 3.63) is 307 Å². The summed E-state index contributed by atoms with van der Waals surface area (Å²) in [7, 11) is 0. The summed E-state index contributed by atoms with van der Waals surface area (Å²) in [6.45, 7) is 0. The van der Waals surface area contributed by atoms with Gasteiger partial charge in [-0.15, -0.1) is 0 Å². The van der Waals surface area contributed by atoms with Crippen LogP contribution in [-0.2, 0) is 5.41 Å². The molecule has 0 fully saturated rings. The van der Waals surface area contributed by atoms with Crippen molar-refractivity contribution in [1.82, 2.24) is 9.13 Å². The third kappa shape index (κ3) is 6.05. The summed E-state index contributed by atoms with van der Waals surface area (Å²) in [6, 6.07) is 106. The Balaban J connectivity index is 0.889. The predicted molar refractivity (Wildman–Crippen MR) is 317 cm³/mol. The molecule has 0 amide bonds. The van der Waals surface area contributed by atoms with Crippen LogP contribution in [0.25, 0.3) is 99.5 Å². The molecule has 0 unspecified atom stereocenters. The van der Waals surface area contributed by atoms with Gasteiger partial charge in [0.25, 0.3) is 0 Å². The van der Waals surface area contributed by atoms with E-state index >= 15 is 0 Å². The van der Waals surface area contributed by atoms with Gasteiger partial charge in [-0.25, -0.2) is 0 Å². The van der Waals surface area contributed by atoms with Crippen molar-refractivity contribution >= 4 is 60.7 Å². The molecule has 0 atom stereocenters. The van der Waals surface area contributed by atoms with Crippen LogP contribution in [0.1, 0.15) is 22.3 Å². The second-order valence-electron chi connectivity index (χ2n) is 20.4.